The van der Waals surface area contributed by atoms with Gasteiger partial charge in [-0.25, -0.2) is 4.98 Å². The quantitative estimate of drug-likeness (QED) is 0.590. The average Bonchev–Trinajstić information content (AvgIpc) is 2.56. The number of amidine groups is 1. The molecule has 0 radical (unpaired) electrons. The van der Waals surface area contributed by atoms with Crippen LogP contribution >= 0.6 is 11.3 Å². The second kappa shape index (κ2) is 4.97. The van der Waals surface area contributed by atoms with E-state index >= 15 is 0 Å². The minimum Gasteiger partial charge on any atom is -0.387 e. The van der Waals surface area contributed by atoms with Crippen LogP contribution in [-0.2, 0) is 6.42 Å². The van der Waals surface area contributed by atoms with Crippen molar-refractivity contribution in [2.75, 3.05) is 6.54 Å². The molecular formula is C9H15N3S. The highest BCUT2D eigenvalue weighted by Gasteiger charge is 1.98. The van der Waals surface area contributed by atoms with Gasteiger partial charge in [-0.05, 0) is 0 Å². The van der Waals surface area contributed by atoms with Gasteiger partial charge in [0, 0.05) is 24.3 Å². The third-order valence-electron chi connectivity index (χ3n) is 1.74. The van der Waals surface area contributed by atoms with Gasteiger partial charge in [0.2, 0.25) is 0 Å². The van der Waals surface area contributed by atoms with Crippen LogP contribution in [0.25, 0.3) is 0 Å². The molecule has 0 fully saturated rings. The number of aliphatic imine (C=N–C) groups is 1. The van der Waals surface area contributed by atoms with Crippen molar-refractivity contribution in [3.8, 4) is 0 Å². The molecule has 1 heterocycles. The van der Waals surface area contributed by atoms with E-state index in [2.05, 4.69) is 9.98 Å². The largest absolute Gasteiger partial charge is 0.387 e. The molecule has 0 spiro atoms. The molecule has 0 amide bonds. The van der Waals surface area contributed by atoms with Crippen molar-refractivity contribution >= 4 is 17.2 Å². The van der Waals surface area contributed by atoms with E-state index in [0.717, 1.165) is 24.5 Å². The molecule has 2 N–H and O–H groups in total. The summed E-state index contributed by atoms with van der Waals surface area (Å²) >= 11 is 1.61. The standard InChI is InChI=1S/C9H15N3S/c1-7(2)9(10)11-4-3-8-5-13-6-12-8/h5-7H,3-4H2,1-2H3,(H2,10,11). The van der Waals surface area contributed by atoms with E-state index in [-0.39, 0.29) is 0 Å². The second-order valence-corrected chi connectivity index (χ2v) is 3.91. The Balaban J connectivity index is 2.32. The summed E-state index contributed by atoms with van der Waals surface area (Å²) in [6.45, 7) is 4.83. The van der Waals surface area contributed by atoms with Gasteiger partial charge < -0.3 is 5.73 Å². The van der Waals surface area contributed by atoms with Crippen LogP contribution in [0.4, 0.5) is 0 Å². The third kappa shape index (κ3) is 3.55. The van der Waals surface area contributed by atoms with E-state index in [9.17, 15) is 0 Å². The van der Waals surface area contributed by atoms with Crippen molar-refractivity contribution in [3.63, 3.8) is 0 Å². The lowest BCUT2D eigenvalue weighted by Gasteiger charge is -2.02. The molecule has 0 aliphatic heterocycles. The molecule has 72 valence electrons. The summed E-state index contributed by atoms with van der Waals surface area (Å²) in [5, 5.41) is 2.04. The summed E-state index contributed by atoms with van der Waals surface area (Å²) < 4.78 is 0. The zero-order chi connectivity index (χ0) is 9.68. The van der Waals surface area contributed by atoms with Crippen LogP contribution in [0, 0.1) is 5.92 Å². The fraction of sp³-hybridized carbons (Fsp3) is 0.556. The van der Waals surface area contributed by atoms with Crippen LogP contribution in [0.1, 0.15) is 19.5 Å². The van der Waals surface area contributed by atoms with Crippen molar-refractivity contribution in [2.45, 2.75) is 20.3 Å². The highest BCUT2D eigenvalue weighted by Crippen LogP contribution is 2.02. The van der Waals surface area contributed by atoms with E-state index in [4.69, 9.17) is 5.73 Å². The number of nitrogens with two attached hydrogens (primary N) is 1. The summed E-state index contributed by atoms with van der Waals surface area (Å²) in [4.78, 5) is 8.42. The number of aromatic nitrogens is 1. The lowest BCUT2D eigenvalue weighted by atomic mass is 10.2. The zero-order valence-electron chi connectivity index (χ0n) is 8.03. The summed E-state index contributed by atoms with van der Waals surface area (Å²) in [7, 11) is 0. The molecule has 3 nitrogen and oxygen atoms in total. The topological polar surface area (TPSA) is 51.3 Å². The first kappa shape index (κ1) is 10.2. The van der Waals surface area contributed by atoms with E-state index in [1.807, 2.05) is 24.7 Å². The van der Waals surface area contributed by atoms with Crippen molar-refractivity contribution in [1.29, 1.82) is 0 Å². The monoisotopic (exact) mass is 197 g/mol. The Kier molecular flexibility index (Phi) is 3.89. The number of hydrogen-bond acceptors (Lipinski definition) is 3. The molecule has 13 heavy (non-hydrogen) atoms. The first-order valence-electron chi connectivity index (χ1n) is 4.37. The van der Waals surface area contributed by atoms with Gasteiger partial charge in [0.15, 0.2) is 0 Å². The fourth-order valence-corrected chi connectivity index (χ4v) is 1.44. The summed E-state index contributed by atoms with van der Waals surface area (Å²) in [5.74, 6) is 1.07. The number of rotatable bonds is 4. The number of hydrogen-bond donors (Lipinski definition) is 1. The summed E-state index contributed by atoms with van der Waals surface area (Å²) in [5.41, 5.74) is 8.63. The van der Waals surface area contributed by atoms with Crippen LogP contribution in [0.15, 0.2) is 15.9 Å². The minimum atomic E-state index is 0.343. The smallest absolute Gasteiger partial charge is 0.0962 e. The van der Waals surface area contributed by atoms with Crippen LogP contribution in [-0.4, -0.2) is 17.4 Å². The average molecular weight is 197 g/mol. The molecular weight excluding hydrogens is 182 g/mol. The molecule has 0 saturated heterocycles. The SMILES string of the molecule is CC(C)C(N)=NCCc1cscn1. The number of thiazole rings is 1. The van der Waals surface area contributed by atoms with Crippen molar-refractivity contribution in [3.05, 3.63) is 16.6 Å². The maximum Gasteiger partial charge on any atom is 0.0962 e. The molecule has 0 atom stereocenters. The molecule has 0 aliphatic carbocycles. The van der Waals surface area contributed by atoms with Crippen LogP contribution < -0.4 is 5.73 Å². The molecule has 4 heteroatoms. The molecule has 0 bridgehead atoms. The van der Waals surface area contributed by atoms with Gasteiger partial charge in [0.25, 0.3) is 0 Å². The van der Waals surface area contributed by atoms with Gasteiger partial charge in [-0.3, -0.25) is 4.99 Å². The maximum atomic E-state index is 5.69. The number of nitrogens with zero attached hydrogens (tertiary/aromatic N) is 2. The predicted molar refractivity (Wildman–Crippen MR) is 57.1 cm³/mol. The van der Waals surface area contributed by atoms with Crippen LogP contribution in [0.5, 0.6) is 0 Å². The minimum absolute atomic E-state index is 0.343. The normalized spacial score (nSPS) is 12.4. The fourth-order valence-electron chi connectivity index (χ4n) is 0.843. The first-order chi connectivity index (χ1) is 6.20. The molecule has 0 aliphatic rings. The maximum absolute atomic E-state index is 5.69. The van der Waals surface area contributed by atoms with Crippen LogP contribution in [0.2, 0.25) is 0 Å². The van der Waals surface area contributed by atoms with E-state index in [1.165, 1.54) is 0 Å². The molecule has 1 rings (SSSR count). The Morgan fingerprint density at radius 3 is 3.00 bits per heavy atom. The van der Waals surface area contributed by atoms with Crippen molar-refractivity contribution in [1.82, 2.24) is 4.98 Å². The highest BCUT2D eigenvalue weighted by atomic mass is 32.1. The molecule has 0 aromatic carbocycles. The Hall–Kier alpha value is -0.900. The lowest BCUT2D eigenvalue weighted by molar-refractivity contribution is 0.843. The predicted octanol–water partition coefficient (Wildman–Crippen LogP) is 1.70. The first-order valence-corrected chi connectivity index (χ1v) is 5.31. The second-order valence-electron chi connectivity index (χ2n) is 3.19. The molecule has 0 saturated carbocycles. The lowest BCUT2D eigenvalue weighted by Crippen LogP contribution is -2.19. The highest BCUT2D eigenvalue weighted by molar-refractivity contribution is 7.07. The van der Waals surface area contributed by atoms with Gasteiger partial charge in [0.05, 0.1) is 17.0 Å². The Morgan fingerprint density at radius 2 is 2.46 bits per heavy atom. The van der Waals surface area contributed by atoms with E-state index in [1.54, 1.807) is 11.3 Å². The van der Waals surface area contributed by atoms with Crippen molar-refractivity contribution < 1.29 is 0 Å². The Morgan fingerprint density at radius 1 is 1.69 bits per heavy atom. The van der Waals surface area contributed by atoms with Crippen LogP contribution in [0.3, 0.4) is 0 Å². The van der Waals surface area contributed by atoms with Gasteiger partial charge in [0.1, 0.15) is 0 Å². The molecule has 0 unspecified atom stereocenters. The molecule has 1 aromatic heterocycles. The van der Waals surface area contributed by atoms with E-state index in [0.29, 0.717) is 5.92 Å². The third-order valence-corrected chi connectivity index (χ3v) is 2.37. The van der Waals surface area contributed by atoms with Gasteiger partial charge in [-0.2, -0.15) is 0 Å². The van der Waals surface area contributed by atoms with E-state index < -0.39 is 0 Å². The Bertz CT molecular complexity index is 264. The summed E-state index contributed by atoms with van der Waals surface area (Å²) in [6, 6.07) is 0. The van der Waals surface area contributed by atoms with Gasteiger partial charge >= 0.3 is 0 Å². The van der Waals surface area contributed by atoms with Crippen molar-refractivity contribution in [2.24, 2.45) is 16.6 Å². The van der Waals surface area contributed by atoms with Gasteiger partial charge in [-0.15, -0.1) is 11.3 Å². The zero-order valence-corrected chi connectivity index (χ0v) is 8.84. The van der Waals surface area contributed by atoms with Gasteiger partial charge in [-0.1, -0.05) is 13.8 Å². The Labute approximate surface area is 82.7 Å². The molecule has 1 aromatic rings. The summed E-state index contributed by atoms with van der Waals surface area (Å²) in [6.07, 6.45) is 0.886.